The number of carbonyl (C=O) groups is 10. The summed E-state index contributed by atoms with van der Waals surface area (Å²) in [7, 11) is 1.88. The molecule has 29 heteroatoms. The first kappa shape index (κ1) is 68.8. The molecular weight excluding hydrogens is 1170 g/mol. The van der Waals surface area contributed by atoms with E-state index in [1.165, 1.54) is 79.7 Å². The number of phenolic OH excluding ortho intramolecular Hbond substituents is 2. The van der Waals surface area contributed by atoms with E-state index in [9.17, 15) is 63.3 Å². The number of primary amides is 2. The first-order valence-electron chi connectivity index (χ1n) is 27.4. The van der Waals surface area contributed by atoms with Crippen molar-refractivity contribution < 1.29 is 63.3 Å². The van der Waals surface area contributed by atoms with Gasteiger partial charge in [0.25, 0.3) is 0 Å². The van der Waals surface area contributed by atoms with Crippen molar-refractivity contribution in [3.63, 3.8) is 0 Å². The summed E-state index contributed by atoms with van der Waals surface area (Å²) in [5.41, 5.74) is 31.4. The van der Waals surface area contributed by atoms with Crippen LogP contribution in [0.3, 0.4) is 0 Å². The molecule has 21 N–H and O–H groups in total. The summed E-state index contributed by atoms with van der Waals surface area (Å²) in [5, 5.41) is 52.5. The van der Waals surface area contributed by atoms with Gasteiger partial charge in [0, 0.05) is 47.9 Å². The molecule has 0 bridgehead atoms. The molecule has 10 atom stereocenters. The summed E-state index contributed by atoms with van der Waals surface area (Å²) in [4.78, 5) is 138. The van der Waals surface area contributed by atoms with Crippen molar-refractivity contribution in [2.24, 2.45) is 28.7 Å². The van der Waals surface area contributed by atoms with Crippen LogP contribution >= 0.6 is 33.2 Å². The van der Waals surface area contributed by atoms with Crippen molar-refractivity contribution in [2.75, 3.05) is 23.4 Å². The smallest absolute Gasteiger partial charge is 0.245 e. The van der Waals surface area contributed by atoms with Crippen LogP contribution < -0.4 is 71.2 Å². The Morgan fingerprint density at radius 3 is 1.70 bits per heavy atom. The number of hydrogen-bond acceptors (Lipinski definition) is 18. The molecule has 5 rings (SSSR count). The van der Waals surface area contributed by atoms with Gasteiger partial charge < -0.3 is 86.5 Å². The van der Waals surface area contributed by atoms with E-state index >= 15 is 0 Å². The third-order valence-electron chi connectivity index (χ3n) is 13.5. The minimum Gasteiger partial charge on any atom is -0.508 e. The van der Waals surface area contributed by atoms with Gasteiger partial charge in [-0.1, -0.05) is 81.7 Å². The zero-order valence-electron chi connectivity index (χ0n) is 47.0. The minimum atomic E-state index is -1.79. The van der Waals surface area contributed by atoms with Gasteiger partial charge in [-0.15, -0.1) is 0 Å². The van der Waals surface area contributed by atoms with Crippen LogP contribution in [0, 0.1) is 0 Å². The fraction of sp³-hybridized carbons (Fsp3) is 0.404. The number of hydrogen-bond donors (Lipinski definition) is 16. The highest BCUT2D eigenvalue weighted by Crippen LogP contribution is 2.25. The lowest BCUT2D eigenvalue weighted by Crippen LogP contribution is -2.62. The average molecular weight is 1250 g/mol. The summed E-state index contributed by atoms with van der Waals surface area (Å²) in [5.74, 6) is -9.52. The van der Waals surface area contributed by atoms with Crippen LogP contribution in [0.15, 0.2) is 97.1 Å². The van der Waals surface area contributed by atoms with E-state index in [1.54, 1.807) is 24.3 Å². The largest absolute Gasteiger partial charge is 0.508 e. The third-order valence-corrected chi connectivity index (χ3v) is 16.2. The first-order valence-corrected chi connectivity index (χ1v) is 30.3. The van der Waals surface area contributed by atoms with Gasteiger partial charge in [-0.2, -0.15) is 0 Å². The van der Waals surface area contributed by atoms with Crippen LogP contribution in [0.4, 0.5) is 5.69 Å². The maximum Gasteiger partial charge on any atom is 0.245 e. The Bertz CT molecular complexity index is 2990. The highest BCUT2D eigenvalue weighted by Gasteiger charge is 2.37. The summed E-state index contributed by atoms with van der Waals surface area (Å²) < 4.78 is 0. The van der Waals surface area contributed by atoms with E-state index in [-0.39, 0.29) is 86.6 Å². The molecule has 0 spiro atoms. The standard InChI is InChI=1S/C57H74ClN13O13S2/c1-30(72)48-57(84)70-46(55(82)66-42(49(63)76)25-33-9-17-37(73)18-10-33)29-86-85-28-45(69-51(78)40(61)24-31-5-13-35(58)14-6-31)56(83)68-44(27-34-11-19-38(74)20-12-34)54(81)67-43(53(80)65-41(52(79)71-48)4-2-3-23-59)26-32-7-15-36(16-8-32)64-50(77)39(60)21-22-47(62)75/h5-20,30,39-46,48,72-74H,2-4,21-29,59-61H2,1H3,(H2,62,75)(H2,63,76)(H,64,77)(H,65,80)(H,66,82)(H,67,81)(H,68,83)(H,69,78)(H,70,84)(H,71,79)/t30-,39+,40+,41+,42-,43-,44+,45-,46+,48+/m1/s1. The van der Waals surface area contributed by atoms with Gasteiger partial charge in [0.05, 0.1) is 18.2 Å². The molecule has 10 amide bonds. The lowest BCUT2D eigenvalue weighted by molar-refractivity contribution is -0.136. The molecule has 1 aliphatic rings. The number of nitrogens with two attached hydrogens (primary N) is 5. The number of rotatable bonds is 23. The fourth-order valence-electron chi connectivity index (χ4n) is 8.62. The molecule has 86 heavy (non-hydrogen) atoms. The van der Waals surface area contributed by atoms with E-state index in [0.29, 0.717) is 33.7 Å². The molecule has 1 aliphatic heterocycles. The van der Waals surface area contributed by atoms with E-state index < -0.39 is 120 Å². The second-order valence-corrected chi connectivity index (χ2v) is 23.5. The number of halogens is 1. The molecule has 26 nitrogen and oxygen atoms in total. The monoisotopic (exact) mass is 1250 g/mol. The molecular formula is C57H74ClN13O13S2. The Hall–Kier alpha value is -7.99. The molecule has 1 fully saturated rings. The van der Waals surface area contributed by atoms with Gasteiger partial charge in [0.15, 0.2) is 0 Å². The number of amides is 10. The highest BCUT2D eigenvalue weighted by atomic mass is 35.5. The van der Waals surface area contributed by atoms with Crippen LogP contribution in [0.5, 0.6) is 11.5 Å². The SMILES string of the molecule is C[C@@H](O)[C@@H]1NC(=O)[C@H](CCCCN)NC(=O)[C@@H](Cc2ccc(NC(=O)[C@@H](N)CCC(N)=O)cc2)NC(=O)[C@H](Cc2ccc(O)cc2)NC(=O)[C@H](NC(=O)[C@@H](N)Cc2ccc(Cl)cc2)CSSC[C@@H](C(=O)N[C@H](Cc2ccc(O)cc2)C(N)=O)NC1=O. The number of benzene rings is 4. The van der Waals surface area contributed by atoms with Crippen molar-refractivity contribution >= 4 is 97.9 Å². The van der Waals surface area contributed by atoms with Gasteiger partial charge >= 0.3 is 0 Å². The number of unbranched alkanes of at least 4 members (excludes halogenated alkanes) is 1. The maximum absolute atomic E-state index is 14.9. The van der Waals surface area contributed by atoms with Crippen LogP contribution in [0.1, 0.15) is 61.3 Å². The normalized spacial score (nSPS) is 20.6. The lowest BCUT2D eigenvalue weighted by Gasteiger charge is -2.29. The van der Waals surface area contributed by atoms with Gasteiger partial charge in [-0.3, -0.25) is 47.9 Å². The number of phenols is 2. The number of carbonyl (C=O) groups excluding carboxylic acids is 10. The van der Waals surface area contributed by atoms with Gasteiger partial charge in [0.2, 0.25) is 59.1 Å². The van der Waals surface area contributed by atoms with E-state index in [0.717, 1.165) is 21.6 Å². The average Bonchev–Trinajstić information content (AvgIpc) is 3.68. The number of aliphatic hydroxyl groups excluding tert-OH is 1. The van der Waals surface area contributed by atoms with Crippen molar-refractivity contribution in [1.29, 1.82) is 0 Å². The van der Waals surface area contributed by atoms with Gasteiger partial charge in [0.1, 0.15) is 53.8 Å². The summed E-state index contributed by atoms with van der Waals surface area (Å²) in [6.45, 7) is 1.39. The van der Waals surface area contributed by atoms with Crippen molar-refractivity contribution in [2.45, 2.75) is 125 Å². The second-order valence-electron chi connectivity index (χ2n) is 20.5. The summed E-state index contributed by atoms with van der Waals surface area (Å²) in [6, 6.07) is 11.0. The summed E-state index contributed by atoms with van der Waals surface area (Å²) >= 11 is 6.08. The fourth-order valence-corrected chi connectivity index (χ4v) is 11.1. The van der Waals surface area contributed by atoms with Crippen LogP contribution in [0.2, 0.25) is 5.02 Å². The van der Waals surface area contributed by atoms with E-state index in [1.807, 2.05) is 0 Å². The Morgan fingerprint density at radius 1 is 0.628 bits per heavy atom. The quantitative estimate of drug-likeness (QED) is 0.0302. The second kappa shape index (κ2) is 34.2. The number of nitrogens with one attached hydrogen (secondary N) is 8. The minimum absolute atomic E-state index is 0.00974. The Kier molecular flexibility index (Phi) is 27.4. The van der Waals surface area contributed by atoms with Crippen LogP contribution in [-0.4, -0.2) is 153 Å². The Morgan fingerprint density at radius 2 is 1.14 bits per heavy atom. The molecule has 0 unspecified atom stereocenters. The predicted octanol–water partition coefficient (Wildman–Crippen LogP) is -1.34. The number of aliphatic hydroxyl groups is 1. The first-order chi connectivity index (χ1) is 40.9. The Balaban J connectivity index is 1.57. The number of aromatic hydroxyl groups is 2. The zero-order valence-corrected chi connectivity index (χ0v) is 49.4. The zero-order chi connectivity index (χ0) is 63.0. The molecule has 1 heterocycles. The molecule has 0 aliphatic carbocycles. The predicted molar refractivity (Wildman–Crippen MR) is 324 cm³/mol. The molecule has 4 aromatic rings. The van der Waals surface area contributed by atoms with Gasteiger partial charge in [-0.25, -0.2) is 0 Å². The van der Waals surface area contributed by atoms with Gasteiger partial charge in [-0.05, 0) is 116 Å². The lowest BCUT2D eigenvalue weighted by atomic mass is 10.0. The molecule has 1 saturated heterocycles. The van der Waals surface area contributed by atoms with Crippen molar-refractivity contribution in [3.8, 4) is 11.5 Å². The van der Waals surface area contributed by atoms with Crippen molar-refractivity contribution in [3.05, 3.63) is 124 Å². The molecule has 0 aromatic heterocycles. The van der Waals surface area contributed by atoms with E-state index in [2.05, 4.69) is 42.5 Å². The Labute approximate surface area is 509 Å². The third kappa shape index (κ3) is 22.8. The molecule has 0 saturated carbocycles. The molecule has 0 radical (unpaired) electrons. The van der Waals surface area contributed by atoms with E-state index in [4.69, 9.17) is 40.3 Å². The number of anilines is 1. The van der Waals surface area contributed by atoms with Crippen LogP contribution in [0.25, 0.3) is 0 Å². The molecule has 4 aromatic carbocycles. The van der Waals surface area contributed by atoms with Crippen molar-refractivity contribution in [1.82, 2.24) is 37.2 Å². The topological polar surface area (TPSA) is 458 Å². The van der Waals surface area contributed by atoms with Crippen LogP contribution in [-0.2, 0) is 73.6 Å². The maximum atomic E-state index is 14.9. The molecule has 464 valence electrons. The highest BCUT2D eigenvalue weighted by molar-refractivity contribution is 8.76. The summed E-state index contributed by atoms with van der Waals surface area (Å²) in [6.07, 6.45) is -1.90.